The van der Waals surface area contributed by atoms with Crippen molar-refractivity contribution in [1.29, 1.82) is 0 Å². The van der Waals surface area contributed by atoms with Gasteiger partial charge in [-0.2, -0.15) is 0 Å². The smallest absolute Gasteiger partial charge is 0.254 e. The maximum Gasteiger partial charge on any atom is 0.254 e. The number of nitrogens with two attached hydrogens (primary N) is 1. The number of carbonyl (C=O) groups excluding carboxylic acids is 1. The van der Waals surface area contributed by atoms with Crippen LogP contribution < -0.4 is 15.8 Å². The first-order valence-electron chi connectivity index (χ1n) is 9.31. The minimum atomic E-state index is -2.68. The van der Waals surface area contributed by atoms with Crippen molar-refractivity contribution in [2.24, 2.45) is 5.73 Å². The first kappa shape index (κ1) is 23.0. The molecule has 1 saturated carbocycles. The Morgan fingerprint density at radius 3 is 2.34 bits per heavy atom. The second-order valence-electron chi connectivity index (χ2n) is 7.03. The van der Waals surface area contributed by atoms with Crippen molar-refractivity contribution >= 4 is 18.3 Å². The number of carbonyl (C=O) groups is 1. The summed E-state index contributed by atoms with van der Waals surface area (Å²) in [6.45, 7) is 0.551. The lowest BCUT2D eigenvalue weighted by Gasteiger charge is -2.28. The number of amides is 1. The van der Waals surface area contributed by atoms with Crippen LogP contribution in [0.3, 0.4) is 0 Å². The monoisotopic (exact) mass is 428 g/mol. The van der Waals surface area contributed by atoms with Crippen molar-refractivity contribution < 1.29 is 22.7 Å². The zero-order valence-corrected chi connectivity index (χ0v) is 16.6. The Kier molecular flexibility index (Phi) is 7.93. The predicted octanol–water partition coefficient (Wildman–Crippen LogP) is 4.85. The normalized spacial score (nSPS) is 16.0. The summed E-state index contributed by atoms with van der Waals surface area (Å²) in [5.74, 6) is -3.14. The highest BCUT2D eigenvalue weighted by Gasteiger charge is 2.35. The number of nitrogens with one attached hydrogen (secondary N) is 1. The molecule has 0 atom stereocenters. The van der Waals surface area contributed by atoms with Gasteiger partial charge in [0.05, 0.1) is 5.56 Å². The Bertz CT molecular complexity index is 821. The second kappa shape index (κ2) is 9.98. The van der Waals surface area contributed by atoms with E-state index in [1.54, 1.807) is 12.1 Å². The van der Waals surface area contributed by atoms with E-state index >= 15 is 0 Å². The van der Waals surface area contributed by atoms with Gasteiger partial charge in [0.25, 0.3) is 5.91 Å². The number of ether oxygens (including phenoxy) is 1. The van der Waals surface area contributed by atoms with Gasteiger partial charge in [-0.3, -0.25) is 4.79 Å². The van der Waals surface area contributed by atoms with Crippen LogP contribution in [0.5, 0.6) is 11.5 Å². The van der Waals surface area contributed by atoms with Crippen LogP contribution >= 0.6 is 12.4 Å². The molecule has 0 radical (unpaired) electrons. The van der Waals surface area contributed by atoms with E-state index in [1.807, 2.05) is 12.1 Å². The third-order valence-corrected chi connectivity index (χ3v) is 4.83. The van der Waals surface area contributed by atoms with Gasteiger partial charge in [-0.25, -0.2) is 13.2 Å². The Hall–Kier alpha value is -2.25. The van der Waals surface area contributed by atoms with Gasteiger partial charge in [0.2, 0.25) is 5.92 Å². The van der Waals surface area contributed by atoms with Crippen LogP contribution in [-0.2, 0) is 6.42 Å². The van der Waals surface area contributed by atoms with Gasteiger partial charge in [-0.1, -0.05) is 12.1 Å². The largest absolute Gasteiger partial charge is 0.457 e. The lowest BCUT2D eigenvalue weighted by molar-refractivity contribution is -0.0399. The van der Waals surface area contributed by atoms with Gasteiger partial charge >= 0.3 is 0 Å². The molecule has 1 aliphatic carbocycles. The van der Waals surface area contributed by atoms with Crippen LogP contribution in [0, 0.1) is 5.82 Å². The van der Waals surface area contributed by atoms with Crippen LogP contribution in [0.15, 0.2) is 42.5 Å². The lowest BCUT2D eigenvalue weighted by Crippen LogP contribution is -2.40. The number of rotatable bonds is 6. The average Bonchev–Trinajstić information content (AvgIpc) is 2.67. The molecule has 3 N–H and O–H groups in total. The van der Waals surface area contributed by atoms with E-state index in [1.165, 1.54) is 12.1 Å². The molecule has 3 rings (SSSR count). The van der Waals surface area contributed by atoms with Crippen molar-refractivity contribution in [1.82, 2.24) is 5.32 Å². The first-order valence-corrected chi connectivity index (χ1v) is 9.31. The number of benzene rings is 2. The topological polar surface area (TPSA) is 64.3 Å². The molecule has 0 unspecified atom stereocenters. The quantitative estimate of drug-likeness (QED) is 0.691. The van der Waals surface area contributed by atoms with E-state index in [0.717, 1.165) is 18.1 Å². The van der Waals surface area contributed by atoms with Crippen LogP contribution in [0.4, 0.5) is 13.2 Å². The molecule has 2 aromatic rings. The van der Waals surface area contributed by atoms with Crippen LogP contribution in [0.2, 0.25) is 0 Å². The van der Waals surface area contributed by atoms with Gasteiger partial charge in [-0.05, 0) is 61.7 Å². The highest BCUT2D eigenvalue weighted by molar-refractivity contribution is 5.95. The minimum absolute atomic E-state index is 0. The van der Waals surface area contributed by atoms with Gasteiger partial charge in [-0.15, -0.1) is 12.4 Å². The van der Waals surface area contributed by atoms with Gasteiger partial charge < -0.3 is 15.8 Å². The fourth-order valence-electron chi connectivity index (χ4n) is 3.22. The van der Waals surface area contributed by atoms with Crippen molar-refractivity contribution in [3.8, 4) is 11.5 Å². The van der Waals surface area contributed by atoms with Gasteiger partial charge in [0.15, 0.2) is 0 Å². The molecule has 4 nitrogen and oxygen atoms in total. The van der Waals surface area contributed by atoms with Crippen molar-refractivity contribution in [3.05, 3.63) is 59.4 Å². The summed E-state index contributed by atoms with van der Waals surface area (Å²) >= 11 is 0. The summed E-state index contributed by atoms with van der Waals surface area (Å²) in [4.78, 5) is 12.4. The molecule has 0 spiro atoms. The molecular weight excluding hydrogens is 405 g/mol. The molecule has 1 amide bonds. The van der Waals surface area contributed by atoms with E-state index in [0.29, 0.717) is 18.0 Å². The molecule has 2 aromatic carbocycles. The first-order chi connectivity index (χ1) is 13.4. The summed E-state index contributed by atoms with van der Waals surface area (Å²) in [6.07, 6.45) is 0.555. The summed E-state index contributed by atoms with van der Waals surface area (Å²) in [6, 6.07) is 10.8. The van der Waals surface area contributed by atoms with Gasteiger partial charge in [0.1, 0.15) is 17.3 Å². The molecule has 0 aromatic heterocycles. The Balaban J connectivity index is 0.00000300. The third kappa shape index (κ3) is 6.37. The second-order valence-corrected chi connectivity index (χ2v) is 7.03. The maximum atomic E-state index is 14.1. The van der Waals surface area contributed by atoms with E-state index in [-0.39, 0.29) is 49.7 Å². The SMILES string of the molecule is Cl.NCCc1ccc(Oc2ccc(F)c(C(=O)NC3CCC(F)(F)CC3)c2)cc1. The van der Waals surface area contributed by atoms with Crippen LogP contribution in [0.25, 0.3) is 0 Å². The van der Waals surface area contributed by atoms with E-state index in [9.17, 15) is 18.0 Å². The van der Waals surface area contributed by atoms with E-state index in [4.69, 9.17) is 10.5 Å². The Morgan fingerprint density at radius 2 is 1.72 bits per heavy atom. The molecule has 8 heteroatoms. The third-order valence-electron chi connectivity index (χ3n) is 4.83. The van der Waals surface area contributed by atoms with Crippen molar-refractivity contribution in [2.75, 3.05) is 6.54 Å². The Labute approximate surface area is 174 Å². The van der Waals surface area contributed by atoms with E-state index < -0.39 is 17.6 Å². The highest BCUT2D eigenvalue weighted by atomic mass is 35.5. The molecule has 29 heavy (non-hydrogen) atoms. The lowest BCUT2D eigenvalue weighted by atomic mass is 9.92. The Morgan fingerprint density at radius 1 is 1.10 bits per heavy atom. The number of halogens is 4. The predicted molar refractivity (Wildman–Crippen MR) is 108 cm³/mol. The average molecular weight is 429 g/mol. The summed E-state index contributed by atoms with van der Waals surface area (Å²) in [5.41, 5.74) is 6.42. The molecule has 0 aliphatic heterocycles. The van der Waals surface area contributed by atoms with Crippen molar-refractivity contribution in [3.63, 3.8) is 0 Å². The van der Waals surface area contributed by atoms with Crippen LogP contribution in [-0.4, -0.2) is 24.4 Å². The molecule has 0 bridgehead atoms. The number of hydrogen-bond donors (Lipinski definition) is 2. The molecule has 158 valence electrons. The molecular formula is C21H24ClF3N2O2. The number of alkyl halides is 2. The highest BCUT2D eigenvalue weighted by Crippen LogP contribution is 2.33. The summed E-state index contributed by atoms with van der Waals surface area (Å²) < 4.78 is 46.3. The zero-order chi connectivity index (χ0) is 20.1. The van der Waals surface area contributed by atoms with Crippen LogP contribution in [0.1, 0.15) is 41.6 Å². The summed E-state index contributed by atoms with van der Waals surface area (Å²) in [5, 5.41) is 2.65. The standard InChI is InChI=1S/C21H23F3N2O2.ClH/c22-19-6-5-17(28-16-3-1-14(2-4-16)9-12-25)13-18(19)20(27)26-15-7-10-21(23,24)11-8-15;/h1-6,13,15H,7-12,25H2,(H,26,27);1H. The number of hydrogen-bond acceptors (Lipinski definition) is 3. The minimum Gasteiger partial charge on any atom is -0.457 e. The molecule has 1 fully saturated rings. The van der Waals surface area contributed by atoms with E-state index in [2.05, 4.69) is 5.32 Å². The maximum absolute atomic E-state index is 14.1. The fourth-order valence-corrected chi connectivity index (χ4v) is 3.22. The van der Waals surface area contributed by atoms with Gasteiger partial charge in [0, 0.05) is 18.9 Å². The fraction of sp³-hybridized carbons (Fsp3) is 0.381. The molecule has 1 aliphatic rings. The summed E-state index contributed by atoms with van der Waals surface area (Å²) in [7, 11) is 0. The zero-order valence-electron chi connectivity index (χ0n) is 15.8. The molecule has 0 heterocycles. The van der Waals surface area contributed by atoms with Crippen molar-refractivity contribution in [2.45, 2.75) is 44.1 Å². The molecule has 0 saturated heterocycles.